The highest BCUT2D eigenvalue weighted by molar-refractivity contribution is 7.89. The summed E-state index contributed by atoms with van der Waals surface area (Å²) < 4.78 is 87.0. The van der Waals surface area contributed by atoms with Gasteiger partial charge in [-0.3, -0.25) is 9.10 Å². The van der Waals surface area contributed by atoms with Gasteiger partial charge < -0.3 is 0 Å². The minimum atomic E-state index is -4.30. The number of hydrogen-bond acceptors (Lipinski definition) is 5. The second-order valence-electron chi connectivity index (χ2n) is 10.4. The molecule has 222 valence electrons. The van der Waals surface area contributed by atoms with Crippen molar-refractivity contribution in [1.82, 2.24) is 9.03 Å². The van der Waals surface area contributed by atoms with Gasteiger partial charge in [-0.15, -0.1) is 0 Å². The maximum Gasteiger partial charge on any atom is 0.264 e. The lowest BCUT2D eigenvalue weighted by atomic mass is 9.80. The number of carbonyl (C=O) groups is 1. The van der Waals surface area contributed by atoms with Gasteiger partial charge in [-0.05, 0) is 79.6 Å². The van der Waals surface area contributed by atoms with E-state index in [1.165, 1.54) is 48.5 Å². The fraction of sp³-hybridized carbons (Fsp3) is 0.156. The number of ketones is 1. The third-order valence-electron chi connectivity index (χ3n) is 7.34. The Morgan fingerprint density at radius 3 is 1.72 bits per heavy atom. The molecule has 0 spiro atoms. The number of carbonyl (C=O) groups excluding carboxylic acids is 1. The van der Waals surface area contributed by atoms with Gasteiger partial charge in [-0.2, -0.15) is 0 Å². The topological polar surface area (TPSA) is 101 Å². The SMILES string of the molecule is Cc1ccc(S(=O)(=O)NC(c2ccc(F)cc2)[C@@H]2C(=O)C=CN(S(=O)(=O)c3ccc(C)cc3)[C@H]2c2ccc(F)cc2)cc1. The van der Waals surface area contributed by atoms with Crippen LogP contribution < -0.4 is 4.72 Å². The number of halogens is 2. The van der Waals surface area contributed by atoms with Gasteiger partial charge in [0.1, 0.15) is 11.6 Å². The molecule has 5 rings (SSSR count). The lowest BCUT2D eigenvalue weighted by Crippen LogP contribution is -2.47. The largest absolute Gasteiger partial charge is 0.294 e. The molecule has 0 aliphatic carbocycles. The first-order chi connectivity index (χ1) is 20.4. The van der Waals surface area contributed by atoms with E-state index in [4.69, 9.17) is 0 Å². The molecule has 0 bridgehead atoms. The van der Waals surface area contributed by atoms with E-state index in [2.05, 4.69) is 4.72 Å². The first kappa shape index (κ1) is 30.3. The quantitative estimate of drug-likeness (QED) is 0.270. The van der Waals surface area contributed by atoms with Crippen molar-refractivity contribution in [1.29, 1.82) is 0 Å². The van der Waals surface area contributed by atoms with Crippen molar-refractivity contribution in [2.24, 2.45) is 5.92 Å². The average molecular weight is 623 g/mol. The molecule has 4 aromatic carbocycles. The number of aryl methyl sites for hydroxylation is 2. The van der Waals surface area contributed by atoms with Crippen molar-refractivity contribution in [2.45, 2.75) is 35.7 Å². The Balaban J connectivity index is 1.70. The summed E-state index contributed by atoms with van der Waals surface area (Å²) in [7, 11) is -8.58. The summed E-state index contributed by atoms with van der Waals surface area (Å²) in [6.07, 6.45) is 2.21. The van der Waals surface area contributed by atoms with Crippen LogP contribution in [0.4, 0.5) is 8.78 Å². The minimum Gasteiger partial charge on any atom is -0.294 e. The fourth-order valence-electron chi connectivity index (χ4n) is 5.06. The normalized spacial score (nSPS) is 18.0. The molecule has 0 radical (unpaired) electrons. The van der Waals surface area contributed by atoms with Crippen molar-refractivity contribution >= 4 is 25.8 Å². The first-order valence-corrected chi connectivity index (χ1v) is 16.2. The second kappa shape index (κ2) is 11.8. The van der Waals surface area contributed by atoms with Crippen molar-refractivity contribution in [3.63, 3.8) is 0 Å². The van der Waals surface area contributed by atoms with Crippen LogP contribution in [0.5, 0.6) is 0 Å². The molecular weight excluding hydrogens is 594 g/mol. The Kier molecular flexibility index (Phi) is 8.33. The van der Waals surface area contributed by atoms with E-state index in [-0.39, 0.29) is 20.9 Å². The van der Waals surface area contributed by atoms with Crippen LogP contribution in [0, 0.1) is 31.4 Å². The third-order valence-corrected chi connectivity index (χ3v) is 10.6. The van der Waals surface area contributed by atoms with Crippen LogP contribution in [0.1, 0.15) is 34.3 Å². The Morgan fingerprint density at radius 2 is 1.19 bits per heavy atom. The fourth-order valence-corrected chi connectivity index (χ4v) is 7.80. The number of hydrogen-bond donors (Lipinski definition) is 1. The van der Waals surface area contributed by atoms with E-state index in [1.807, 2.05) is 0 Å². The standard InChI is InChI=1S/C32H28F2N2O5S2/c1-21-3-15-27(16-4-21)42(38,39)35-31(23-7-11-25(33)12-8-23)30-29(37)19-20-36(32(30)24-9-13-26(34)14-10-24)43(40,41)28-17-5-22(2)6-18-28/h3-20,30-32,35H,1-2H3/t30-,31?,32-/m0/s1. The van der Waals surface area contributed by atoms with Gasteiger partial charge in [-0.25, -0.2) is 30.3 Å². The van der Waals surface area contributed by atoms with Crippen LogP contribution in [-0.2, 0) is 24.8 Å². The smallest absolute Gasteiger partial charge is 0.264 e. The minimum absolute atomic E-state index is 0.0541. The molecule has 1 aliphatic heterocycles. The molecule has 0 amide bonds. The Labute approximate surface area is 249 Å². The maximum atomic E-state index is 14.0. The van der Waals surface area contributed by atoms with Crippen LogP contribution in [-0.4, -0.2) is 26.9 Å². The van der Waals surface area contributed by atoms with Crippen molar-refractivity contribution in [3.8, 4) is 0 Å². The molecule has 11 heteroatoms. The summed E-state index contributed by atoms with van der Waals surface area (Å²) in [6, 6.07) is 19.4. The highest BCUT2D eigenvalue weighted by Crippen LogP contribution is 2.44. The van der Waals surface area contributed by atoms with Crippen molar-refractivity contribution in [2.75, 3.05) is 0 Å². The van der Waals surface area contributed by atoms with E-state index < -0.39 is 55.5 Å². The molecule has 0 fully saturated rings. The van der Waals surface area contributed by atoms with Gasteiger partial charge in [0.15, 0.2) is 5.78 Å². The van der Waals surface area contributed by atoms with Crippen LogP contribution in [0.3, 0.4) is 0 Å². The van der Waals surface area contributed by atoms with Gasteiger partial charge in [0.25, 0.3) is 10.0 Å². The summed E-state index contributed by atoms with van der Waals surface area (Å²) in [5, 5.41) is 0. The highest BCUT2D eigenvalue weighted by atomic mass is 32.2. The average Bonchev–Trinajstić information content (AvgIpc) is 2.97. The van der Waals surface area contributed by atoms with Crippen LogP contribution >= 0.6 is 0 Å². The molecule has 1 heterocycles. The molecule has 0 aromatic heterocycles. The molecule has 1 aliphatic rings. The maximum absolute atomic E-state index is 14.0. The Morgan fingerprint density at radius 1 is 0.698 bits per heavy atom. The summed E-state index contributed by atoms with van der Waals surface area (Å²) in [5.74, 6) is -3.12. The summed E-state index contributed by atoms with van der Waals surface area (Å²) in [6.45, 7) is 3.61. The predicted octanol–water partition coefficient (Wildman–Crippen LogP) is 5.75. The number of nitrogens with zero attached hydrogens (tertiary/aromatic N) is 1. The number of allylic oxidation sites excluding steroid dienone is 1. The monoisotopic (exact) mass is 622 g/mol. The van der Waals surface area contributed by atoms with E-state index in [0.29, 0.717) is 0 Å². The van der Waals surface area contributed by atoms with E-state index in [1.54, 1.807) is 38.1 Å². The predicted molar refractivity (Wildman–Crippen MR) is 158 cm³/mol. The van der Waals surface area contributed by atoms with Gasteiger partial charge >= 0.3 is 0 Å². The summed E-state index contributed by atoms with van der Waals surface area (Å²) in [5.41, 5.74) is 2.14. The zero-order chi connectivity index (χ0) is 30.9. The molecule has 1 unspecified atom stereocenters. The van der Waals surface area contributed by atoms with Gasteiger partial charge in [-0.1, -0.05) is 59.7 Å². The highest BCUT2D eigenvalue weighted by Gasteiger charge is 2.46. The summed E-state index contributed by atoms with van der Waals surface area (Å²) >= 11 is 0. The zero-order valence-electron chi connectivity index (χ0n) is 23.2. The number of rotatable bonds is 8. The van der Waals surface area contributed by atoms with Crippen LogP contribution in [0.2, 0.25) is 0 Å². The lowest BCUT2D eigenvalue weighted by Gasteiger charge is -2.41. The molecule has 7 nitrogen and oxygen atoms in total. The molecule has 0 saturated carbocycles. The van der Waals surface area contributed by atoms with Crippen molar-refractivity contribution < 1.29 is 30.4 Å². The zero-order valence-corrected chi connectivity index (χ0v) is 24.8. The third kappa shape index (κ3) is 6.29. The van der Waals surface area contributed by atoms with Crippen molar-refractivity contribution in [3.05, 3.63) is 143 Å². The molecule has 3 atom stereocenters. The van der Waals surface area contributed by atoms with Crippen LogP contribution in [0.15, 0.2) is 119 Å². The lowest BCUT2D eigenvalue weighted by molar-refractivity contribution is -0.121. The Hall–Kier alpha value is -4.19. The number of nitrogens with one attached hydrogen (secondary N) is 1. The Bertz CT molecular complexity index is 1880. The summed E-state index contributed by atoms with van der Waals surface area (Å²) in [4.78, 5) is 13.6. The van der Waals surface area contributed by atoms with Gasteiger partial charge in [0.05, 0.1) is 27.8 Å². The van der Waals surface area contributed by atoms with Gasteiger partial charge in [0.2, 0.25) is 10.0 Å². The van der Waals surface area contributed by atoms with E-state index in [0.717, 1.165) is 52.0 Å². The van der Waals surface area contributed by atoms with Crippen LogP contribution in [0.25, 0.3) is 0 Å². The number of sulfonamides is 2. The molecule has 4 aromatic rings. The first-order valence-electron chi connectivity index (χ1n) is 13.3. The molecule has 43 heavy (non-hydrogen) atoms. The number of benzene rings is 4. The molecule has 0 saturated heterocycles. The molecular formula is C32H28F2N2O5S2. The van der Waals surface area contributed by atoms with E-state index >= 15 is 0 Å². The van der Waals surface area contributed by atoms with E-state index in [9.17, 15) is 30.4 Å². The molecule has 1 N–H and O–H groups in total. The second-order valence-corrected chi connectivity index (χ2v) is 13.9. The van der Waals surface area contributed by atoms with Gasteiger partial charge in [0, 0.05) is 6.20 Å².